The van der Waals surface area contributed by atoms with Gasteiger partial charge >= 0.3 is 0 Å². The van der Waals surface area contributed by atoms with Crippen molar-refractivity contribution in [3.63, 3.8) is 0 Å². The van der Waals surface area contributed by atoms with Crippen molar-refractivity contribution in [1.29, 1.82) is 5.26 Å². The van der Waals surface area contributed by atoms with Crippen LogP contribution in [0.5, 0.6) is 0 Å². The van der Waals surface area contributed by atoms with Crippen LogP contribution in [0.2, 0.25) is 5.02 Å². The van der Waals surface area contributed by atoms with Gasteiger partial charge in [-0.15, -0.1) is 0 Å². The van der Waals surface area contributed by atoms with Crippen molar-refractivity contribution in [3.8, 4) is 6.07 Å². The zero-order valence-corrected chi connectivity index (χ0v) is 11.1. The first-order valence-corrected chi connectivity index (χ1v) is 6.48. The fraction of sp³-hybridized carbons (Fsp3) is 0.429. The fourth-order valence-electron chi connectivity index (χ4n) is 2.20. The van der Waals surface area contributed by atoms with Gasteiger partial charge in [0.05, 0.1) is 6.07 Å². The molecule has 0 saturated carbocycles. The fourth-order valence-corrected chi connectivity index (χ4v) is 2.38. The Bertz CT molecular complexity index is 507. The molecule has 1 fully saturated rings. The van der Waals surface area contributed by atoms with Gasteiger partial charge < -0.3 is 4.90 Å². The number of hydrogen-bond donors (Lipinski definition) is 0. The topological polar surface area (TPSA) is 44.1 Å². The first-order valence-electron chi connectivity index (χ1n) is 6.10. The van der Waals surface area contributed by atoms with Crippen molar-refractivity contribution in [1.82, 2.24) is 4.90 Å². The summed E-state index contributed by atoms with van der Waals surface area (Å²) in [7, 11) is 0. The monoisotopic (exact) mass is 262 g/mol. The number of nitrogens with zero attached hydrogens (tertiary/aromatic N) is 2. The Hall–Kier alpha value is -1.53. The number of hydrogen-bond acceptors (Lipinski definition) is 2. The standard InChI is InChI=1S/C14H15ClN2O/c1-10-5-6-11(8-13(10)15)14(18)17-7-3-2-4-12(17)9-16/h5-6,8,12H,2-4,7H2,1H3. The smallest absolute Gasteiger partial charge is 0.254 e. The van der Waals surface area contributed by atoms with Crippen LogP contribution in [0, 0.1) is 18.3 Å². The van der Waals surface area contributed by atoms with E-state index in [0.29, 0.717) is 17.1 Å². The van der Waals surface area contributed by atoms with E-state index in [2.05, 4.69) is 6.07 Å². The number of nitriles is 1. The van der Waals surface area contributed by atoms with Crippen LogP contribution >= 0.6 is 11.6 Å². The van der Waals surface area contributed by atoms with Crippen LogP contribution in [-0.4, -0.2) is 23.4 Å². The lowest BCUT2D eigenvalue weighted by Crippen LogP contribution is -2.42. The number of carbonyl (C=O) groups is 1. The second-order valence-electron chi connectivity index (χ2n) is 4.60. The van der Waals surface area contributed by atoms with Crippen molar-refractivity contribution in [2.75, 3.05) is 6.54 Å². The van der Waals surface area contributed by atoms with Crippen LogP contribution in [-0.2, 0) is 0 Å². The van der Waals surface area contributed by atoms with Gasteiger partial charge in [0.1, 0.15) is 6.04 Å². The number of amides is 1. The van der Waals surface area contributed by atoms with Gasteiger partial charge in [-0.2, -0.15) is 5.26 Å². The molecule has 1 aromatic carbocycles. The summed E-state index contributed by atoms with van der Waals surface area (Å²) < 4.78 is 0. The Balaban J connectivity index is 2.24. The third-order valence-corrected chi connectivity index (χ3v) is 3.74. The van der Waals surface area contributed by atoms with E-state index in [1.807, 2.05) is 13.0 Å². The van der Waals surface area contributed by atoms with E-state index >= 15 is 0 Å². The molecule has 0 radical (unpaired) electrons. The lowest BCUT2D eigenvalue weighted by atomic mass is 10.0. The van der Waals surface area contributed by atoms with Crippen LogP contribution in [0.3, 0.4) is 0 Å². The molecule has 4 heteroatoms. The molecule has 1 saturated heterocycles. The zero-order valence-electron chi connectivity index (χ0n) is 10.3. The van der Waals surface area contributed by atoms with E-state index in [1.54, 1.807) is 17.0 Å². The molecule has 0 bridgehead atoms. The SMILES string of the molecule is Cc1ccc(C(=O)N2CCCCC2C#N)cc1Cl. The predicted molar refractivity (Wildman–Crippen MR) is 70.5 cm³/mol. The Kier molecular flexibility index (Phi) is 3.88. The highest BCUT2D eigenvalue weighted by Crippen LogP contribution is 2.22. The number of rotatable bonds is 1. The molecule has 0 aromatic heterocycles. The molecule has 1 amide bonds. The molecule has 1 aliphatic heterocycles. The van der Waals surface area contributed by atoms with Gasteiger partial charge in [-0.05, 0) is 43.9 Å². The molecule has 3 nitrogen and oxygen atoms in total. The summed E-state index contributed by atoms with van der Waals surface area (Å²) in [6.45, 7) is 2.55. The van der Waals surface area contributed by atoms with E-state index < -0.39 is 0 Å². The van der Waals surface area contributed by atoms with E-state index in [0.717, 1.165) is 24.8 Å². The van der Waals surface area contributed by atoms with E-state index in [-0.39, 0.29) is 11.9 Å². The summed E-state index contributed by atoms with van der Waals surface area (Å²) in [4.78, 5) is 14.0. The molecular formula is C14H15ClN2O. The highest BCUT2D eigenvalue weighted by Gasteiger charge is 2.27. The Morgan fingerprint density at radius 3 is 2.94 bits per heavy atom. The number of halogens is 1. The van der Waals surface area contributed by atoms with Crippen molar-refractivity contribution in [3.05, 3.63) is 34.3 Å². The molecular weight excluding hydrogens is 248 g/mol. The van der Waals surface area contributed by atoms with Gasteiger partial charge in [0, 0.05) is 17.1 Å². The van der Waals surface area contributed by atoms with E-state index in [1.165, 1.54) is 0 Å². The van der Waals surface area contributed by atoms with Gasteiger partial charge in [-0.25, -0.2) is 0 Å². The van der Waals surface area contributed by atoms with Gasteiger partial charge in [-0.3, -0.25) is 4.79 Å². The molecule has 94 valence electrons. The summed E-state index contributed by atoms with van der Waals surface area (Å²) in [6.07, 6.45) is 2.74. The second kappa shape index (κ2) is 5.41. The molecule has 0 N–H and O–H groups in total. The normalized spacial score (nSPS) is 19.4. The maximum atomic E-state index is 12.3. The highest BCUT2D eigenvalue weighted by molar-refractivity contribution is 6.31. The third kappa shape index (κ3) is 2.49. The Morgan fingerprint density at radius 2 is 2.28 bits per heavy atom. The summed E-state index contributed by atoms with van der Waals surface area (Å²) in [5.74, 6) is -0.0943. The largest absolute Gasteiger partial charge is 0.323 e. The Morgan fingerprint density at radius 1 is 1.50 bits per heavy atom. The van der Waals surface area contributed by atoms with Crippen molar-refractivity contribution in [2.45, 2.75) is 32.2 Å². The number of piperidine rings is 1. The first kappa shape index (κ1) is 12.9. The van der Waals surface area contributed by atoms with Crippen molar-refractivity contribution >= 4 is 17.5 Å². The molecule has 1 aromatic rings. The van der Waals surface area contributed by atoms with Gasteiger partial charge in [-0.1, -0.05) is 17.7 Å². The maximum Gasteiger partial charge on any atom is 0.254 e. The quantitative estimate of drug-likeness (QED) is 0.780. The molecule has 1 atom stereocenters. The van der Waals surface area contributed by atoms with Gasteiger partial charge in [0.25, 0.3) is 5.91 Å². The summed E-state index contributed by atoms with van der Waals surface area (Å²) in [6, 6.07) is 7.19. The number of benzene rings is 1. The van der Waals surface area contributed by atoms with Crippen LogP contribution < -0.4 is 0 Å². The van der Waals surface area contributed by atoms with Gasteiger partial charge in [0.2, 0.25) is 0 Å². The summed E-state index contributed by atoms with van der Waals surface area (Å²) >= 11 is 6.03. The maximum absolute atomic E-state index is 12.3. The first-order chi connectivity index (χ1) is 8.63. The molecule has 18 heavy (non-hydrogen) atoms. The van der Waals surface area contributed by atoms with Gasteiger partial charge in [0.15, 0.2) is 0 Å². The highest BCUT2D eigenvalue weighted by atomic mass is 35.5. The minimum absolute atomic E-state index is 0.0943. The number of carbonyl (C=O) groups excluding carboxylic acids is 1. The molecule has 1 aliphatic rings. The van der Waals surface area contributed by atoms with Crippen molar-refractivity contribution in [2.24, 2.45) is 0 Å². The lowest BCUT2D eigenvalue weighted by molar-refractivity contribution is 0.0670. The van der Waals surface area contributed by atoms with Crippen molar-refractivity contribution < 1.29 is 4.79 Å². The van der Waals surface area contributed by atoms with E-state index in [9.17, 15) is 4.79 Å². The Labute approximate surface area is 112 Å². The van der Waals surface area contributed by atoms with E-state index in [4.69, 9.17) is 16.9 Å². The number of likely N-dealkylation sites (tertiary alicyclic amines) is 1. The molecule has 1 heterocycles. The molecule has 0 aliphatic carbocycles. The minimum Gasteiger partial charge on any atom is -0.323 e. The second-order valence-corrected chi connectivity index (χ2v) is 5.01. The zero-order chi connectivity index (χ0) is 13.1. The van der Waals surface area contributed by atoms with Crippen LogP contribution in [0.4, 0.5) is 0 Å². The van der Waals surface area contributed by atoms with Crippen LogP contribution in [0.15, 0.2) is 18.2 Å². The number of aryl methyl sites for hydroxylation is 1. The van der Waals surface area contributed by atoms with Crippen LogP contribution in [0.25, 0.3) is 0 Å². The average Bonchev–Trinajstić information content (AvgIpc) is 2.41. The molecule has 0 spiro atoms. The summed E-state index contributed by atoms with van der Waals surface area (Å²) in [5.41, 5.74) is 1.51. The minimum atomic E-state index is -0.300. The lowest BCUT2D eigenvalue weighted by Gasteiger charge is -2.31. The average molecular weight is 263 g/mol. The molecule has 2 rings (SSSR count). The summed E-state index contributed by atoms with van der Waals surface area (Å²) in [5, 5.41) is 9.68. The predicted octanol–water partition coefficient (Wildman–Crippen LogP) is 3.17. The third-order valence-electron chi connectivity index (χ3n) is 3.33. The molecule has 1 unspecified atom stereocenters. The van der Waals surface area contributed by atoms with Crippen LogP contribution in [0.1, 0.15) is 35.2 Å².